The van der Waals surface area contributed by atoms with E-state index in [2.05, 4.69) is 28.0 Å². The van der Waals surface area contributed by atoms with Crippen molar-refractivity contribution in [2.24, 2.45) is 0 Å². The molecule has 0 unspecified atom stereocenters. The number of hydrogen-bond acceptors (Lipinski definition) is 1. The lowest BCUT2D eigenvalue weighted by Crippen LogP contribution is -2.06. The molecule has 0 bridgehead atoms. The van der Waals surface area contributed by atoms with Crippen molar-refractivity contribution in [3.05, 3.63) is 52.3 Å². The van der Waals surface area contributed by atoms with Crippen LogP contribution >= 0.6 is 27.5 Å². The van der Waals surface area contributed by atoms with Crippen molar-refractivity contribution in [3.8, 4) is 0 Å². The molecule has 0 atom stereocenters. The van der Waals surface area contributed by atoms with E-state index in [1.54, 1.807) is 0 Å². The first-order chi connectivity index (χ1) is 8.26. The van der Waals surface area contributed by atoms with Gasteiger partial charge < -0.3 is 0 Å². The summed E-state index contributed by atoms with van der Waals surface area (Å²) in [6, 6.07) is 7.90. The van der Waals surface area contributed by atoms with Gasteiger partial charge in [-0.1, -0.05) is 52.7 Å². The Balaban J connectivity index is 2.30. The Hall–Kier alpha value is -0.800. The van der Waals surface area contributed by atoms with Crippen LogP contribution in [0.1, 0.15) is 23.7 Å². The van der Waals surface area contributed by atoms with Crippen molar-refractivity contribution >= 4 is 27.5 Å². The summed E-state index contributed by atoms with van der Waals surface area (Å²) in [6.07, 6.45) is 2.90. The number of alkyl halides is 1. The van der Waals surface area contributed by atoms with Gasteiger partial charge in [0.05, 0.1) is 12.7 Å². The molecule has 90 valence electrons. The smallest absolute Gasteiger partial charge is 0.0677 e. The minimum atomic E-state index is 0.732. The Morgan fingerprint density at radius 1 is 1.29 bits per heavy atom. The zero-order valence-electron chi connectivity index (χ0n) is 9.66. The van der Waals surface area contributed by atoms with Gasteiger partial charge in [-0.05, 0) is 18.1 Å². The van der Waals surface area contributed by atoms with Crippen molar-refractivity contribution in [2.75, 3.05) is 0 Å². The van der Waals surface area contributed by atoms with Gasteiger partial charge in [0, 0.05) is 21.6 Å². The van der Waals surface area contributed by atoms with Gasteiger partial charge in [-0.15, -0.1) is 0 Å². The Morgan fingerprint density at radius 2 is 2.06 bits per heavy atom. The lowest BCUT2D eigenvalue weighted by molar-refractivity contribution is 0.648. The Bertz CT molecular complexity index is 508. The predicted molar refractivity (Wildman–Crippen MR) is 74.8 cm³/mol. The fourth-order valence-corrected chi connectivity index (χ4v) is 2.56. The van der Waals surface area contributed by atoms with Crippen LogP contribution in [0.5, 0.6) is 0 Å². The maximum Gasteiger partial charge on any atom is 0.0677 e. The highest BCUT2D eigenvalue weighted by molar-refractivity contribution is 9.08. The zero-order valence-corrected chi connectivity index (χ0v) is 12.0. The third-order valence-corrected chi connectivity index (χ3v) is 3.76. The van der Waals surface area contributed by atoms with Crippen LogP contribution in [0.15, 0.2) is 30.5 Å². The van der Waals surface area contributed by atoms with Gasteiger partial charge in [0.2, 0.25) is 0 Å². The molecule has 4 heteroatoms. The predicted octanol–water partition coefficient (Wildman–Crippen LogP) is 4.04. The van der Waals surface area contributed by atoms with E-state index in [0.29, 0.717) is 0 Å². The number of rotatable bonds is 4. The fourth-order valence-electron chi connectivity index (χ4n) is 1.89. The van der Waals surface area contributed by atoms with Crippen LogP contribution in [-0.4, -0.2) is 9.78 Å². The first kappa shape index (κ1) is 12.7. The number of halogens is 2. The Kier molecular flexibility index (Phi) is 4.24. The molecule has 0 spiro atoms. The first-order valence-electron chi connectivity index (χ1n) is 5.59. The van der Waals surface area contributed by atoms with Gasteiger partial charge in [-0.2, -0.15) is 5.10 Å². The summed E-state index contributed by atoms with van der Waals surface area (Å²) in [6.45, 7) is 2.88. The molecule has 2 nitrogen and oxygen atoms in total. The standard InChI is InChI=1S/C13H14BrClN2/c1-2-13-11(7-14)8-16-17(13)9-10-5-3-4-6-12(10)15/h3-6,8H,2,7,9H2,1H3. The number of hydrogen-bond donors (Lipinski definition) is 0. The molecule has 0 radical (unpaired) electrons. The van der Waals surface area contributed by atoms with Crippen LogP contribution in [0, 0.1) is 0 Å². The molecule has 0 aliphatic carbocycles. The molecule has 1 aromatic heterocycles. The van der Waals surface area contributed by atoms with Crippen LogP contribution in [-0.2, 0) is 18.3 Å². The first-order valence-corrected chi connectivity index (χ1v) is 7.09. The summed E-state index contributed by atoms with van der Waals surface area (Å²) in [5.74, 6) is 0. The third kappa shape index (κ3) is 2.72. The molecule has 0 saturated heterocycles. The molecule has 0 aliphatic rings. The zero-order chi connectivity index (χ0) is 12.3. The molecule has 1 aromatic carbocycles. The van der Waals surface area contributed by atoms with Crippen molar-refractivity contribution < 1.29 is 0 Å². The molecule has 0 saturated carbocycles. The van der Waals surface area contributed by atoms with Gasteiger partial charge in [-0.25, -0.2) is 0 Å². The van der Waals surface area contributed by atoms with Gasteiger partial charge >= 0.3 is 0 Å². The lowest BCUT2D eigenvalue weighted by Gasteiger charge is -2.08. The van der Waals surface area contributed by atoms with Crippen LogP contribution in [0.2, 0.25) is 5.02 Å². The van der Waals surface area contributed by atoms with E-state index in [0.717, 1.165) is 28.9 Å². The van der Waals surface area contributed by atoms with E-state index in [9.17, 15) is 0 Å². The van der Waals surface area contributed by atoms with Crippen LogP contribution in [0.3, 0.4) is 0 Å². The minimum Gasteiger partial charge on any atom is -0.265 e. The van der Waals surface area contributed by atoms with Gasteiger partial charge in [-0.3, -0.25) is 4.68 Å². The normalized spacial score (nSPS) is 10.8. The highest BCUT2D eigenvalue weighted by Gasteiger charge is 2.09. The molecule has 17 heavy (non-hydrogen) atoms. The molecular weight excluding hydrogens is 300 g/mol. The van der Waals surface area contributed by atoms with E-state index in [-0.39, 0.29) is 0 Å². The van der Waals surface area contributed by atoms with Crippen LogP contribution in [0.4, 0.5) is 0 Å². The topological polar surface area (TPSA) is 17.8 Å². The maximum absolute atomic E-state index is 6.16. The third-order valence-electron chi connectivity index (χ3n) is 2.79. The van der Waals surface area contributed by atoms with Crippen molar-refractivity contribution in [3.63, 3.8) is 0 Å². The largest absolute Gasteiger partial charge is 0.265 e. The van der Waals surface area contributed by atoms with Crippen molar-refractivity contribution in [1.82, 2.24) is 9.78 Å². The molecule has 0 N–H and O–H groups in total. The summed E-state index contributed by atoms with van der Waals surface area (Å²) >= 11 is 9.64. The highest BCUT2D eigenvalue weighted by Crippen LogP contribution is 2.19. The number of nitrogens with zero attached hydrogens (tertiary/aromatic N) is 2. The Labute approximate surface area is 115 Å². The van der Waals surface area contributed by atoms with Crippen molar-refractivity contribution in [2.45, 2.75) is 25.2 Å². The molecule has 2 rings (SSSR count). The van der Waals surface area contributed by atoms with E-state index in [1.165, 1.54) is 11.3 Å². The summed E-state index contributed by atoms with van der Waals surface area (Å²) in [5.41, 5.74) is 3.62. The maximum atomic E-state index is 6.16. The molecule has 0 fully saturated rings. The van der Waals surface area contributed by atoms with E-state index in [4.69, 9.17) is 11.6 Å². The second-order valence-electron chi connectivity index (χ2n) is 3.85. The summed E-state index contributed by atoms with van der Waals surface area (Å²) in [4.78, 5) is 0. The van der Waals surface area contributed by atoms with Crippen molar-refractivity contribution in [1.29, 1.82) is 0 Å². The number of aromatic nitrogens is 2. The van der Waals surface area contributed by atoms with Crippen LogP contribution in [0.25, 0.3) is 0 Å². The average molecular weight is 314 g/mol. The molecule has 1 heterocycles. The molecule has 0 aliphatic heterocycles. The van der Waals surface area contributed by atoms with Gasteiger partial charge in [0.25, 0.3) is 0 Å². The highest BCUT2D eigenvalue weighted by atomic mass is 79.9. The fraction of sp³-hybridized carbons (Fsp3) is 0.308. The van der Waals surface area contributed by atoms with E-state index < -0.39 is 0 Å². The Morgan fingerprint density at radius 3 is 2.71 bits per heavy atom. The van der Waals surface area contributed by atoms with E-state index in [1.807, 2.05) is 35.1 Å². The quantitative estimate of drug-likeness (QED) is 0.779. The minimum absolute atomic E-state index is 0.732. The SMILES string of the molecule is CCc1c(CBr)cnn1Cc1ccccc1Cl. The molecular formula is C13H14BrClN2. The monoisotopic (exact) mass is 312 g/mol. The second-order valence-corrected chi connectivity index (χ2v) is 4.82. The summed E-state index contributed by atoms with van der Waals surface area (Å²) < 4.78 is 2.03. The molecule has 0 amide bonds. The second kappa shape index (κ2) is 5.69. The van der Waals surface area contributed by atoms with Gasteiger partial charge in [0.1, 0.15) is 0 Å². The average Bonchev–Trinajstić information content (AvgIpc) is 2.74. The summed E-state index contributed by atoms with van der Waals surface area (Å²) in [5, 5.41) is 6.06. The summed E-state index contributed by atoms with van der Waals surface area (Å²) in [7, 11) is 0. The van der Waals surface area contributed by atoms with E-state index >= 15 is 0 Å². The lowest BCUT2D eigenvalue weighted by atomic mass is 10.2. The van der Waals surface area contributed by atoms with Crippen LogP contribution < -0.4 is 0 Å². The number of benzene rings is 1. The molecule has 2 aromatic rings. The van der Waals surface area contributed by atoms with Gasteiger partial charge in [0.15, 0.2) is 0 Å².